The SMILES string of the molecule is CC(C)Oc1ccc([N+](=O)[O-])cc1CN.Cl. The third-order valence-electron chi connectivity index (χ3n) is 1.84. The van der Waals surface area contributed by atoms with Gasteiger partial charge in [0.15, 0.2) is 0 Å². The number of nitro groups is 1. The van der Waals surface area contributed by atoms with E-state index in [1.807, 2.05) is 13.8 Å². The molecule has 0 aliphatic heterocycles. The molecule has 0 unspecified atom stereocenters. The van der Waals surface area contributed by atoms with Crippen LogP contribution in [0.5, 0.6) is 5.75 Å². The van der Waals surface area contributed by atoms with Gasteiger partial charge in [0.25, 0.3) is 5.69 Å². The summed E-state index contributed by atoms with van der Waals surface area (Å²) in [6, 6.07) is 4.44. The van der Waals surface area contributed by atoms with Crippen LogP contribution in [0, 0.1) is 10.1 Å². The summed E-state index contributed by atoms with van der Waals surface area (Å²) >= 11 is 0. The Morgan fingerprint density at radius 1 is 1.50 bits per heavy atom. The molecule has 1 aromatic carbocycles. The van der Waals surface area contributed by atoms with Gasteiger partial charge in [-0.05, 0) is 19.9 Å². The van der Waals surface area contributed by atoms with Crippen LogP contribution in [-0.2, 0) is 6.54 Å². The van der Waals surface area contributed by atoms with E-state index in [0.717, 1.165) is 0 Å². The summed E-state index contributed by atoms with van der Waals surface area (Å²) < 4.78 is 5.47. The van der Waals surface area contributed by atoms with Crippen molar-refractivity contribution in [2.24, 2.45) is 5.73 Å². The monoisotopic (exact) mass is 246 g/mol. The number of non-ortho nitro benzene ring substituents is 1. The summed E-state index contributed by atoms with van der Waals surface area (Å²) in [6.45, 7) is 4.01. The highest BCUT2D eigenvalue weighted by molar-refractivity contribution is 5.85. The highest BCUT2D eigenvalue weighted by Crippen LogP contribution is 2.24. The van der Waals surface area contributed by atoms with E-state index in [1.165, 1.54) is 12.1 Å². The third-order valence-corrected chi connectivity index (χ3v) is 1.84. The van der Waals surface area contributed by atoms with Crippen LogP contribution in [0.25, 0.3) is 0 Å². The fourth-order valence-corrected chi connectivity index (χ4v) is 1.21. The minimum atomic E-state index is -0.446. The molecule has 0 saturated carbocycles. The molecule has 6 heteroatoms. The molecule has 0 aliphatic rings. The van der Waals surface area contributed by atoms with Crippen LogP contribution in [0.1, 0.15) is 19.4 Å². The number of hydrogen-bond donors (Lipinski definition) is 1. The average Bonchev–Trinajstić information content (AvgIpc) is 2.17. The van der Waals surface area contributed by atoms with Crippen LogP contribution in [0.3, 0.4) is 0 Å². The van der Waals surface area contributed by atoms with Gasteiger partial charge in [0.05, 0.1) is 11.0 Å². The molecule has 0 bridgehead atoms. The van der Waals surface area contributed by atoms with Gasteiger partial charge < -0.3 is 10.5 Å². The Hall–Kier alpha value is -1.33. The zero-order chi connectivity index (χ0) is 11.4. The second-order valence-electron chi connectivity index (χ2n) is 3.42. The van der Waals surface area contributed by atoms with Crippen LogP contribution in [0.15, 0.2) is 18.2 Å². The summed E-state index contributed by atoms with van der Waals surface area (Å²) in [6.07, 6.45) is 0.0248. The first-order chi connectivity index (χ1) is 7.04. The van der Waals surface area contributed by atoms with Crippen molar-refractivity contribution in [3.8, 4) is 5.75 Å². The number of nitrogens with two attached hydrogens (primary N) is 1. The van der Waals surface area contributed by atoms with Crippen molar-refractivity contribution in [1.82, 2.24) is 0 Å². The van der Waals surface area contributed by atoms with Crippen LogP contribution in [0.2, 0.25) is 0 Å². The maximum atomic E-state index is 10.5. The van der Waals surface area contributed by atoms with Gasteiger partial charge in [0, 0.05) is 24.2 Å². The zero-order valence-electron chi connectivity index (χ0n) is 9.17. The van der Waals surface area contributed by atoms with Crippen molar-refractivity contribution in [1.29, 1.82) is 0 Å². The summed E-state index contributed by atoms with van der Waals surface area (Å²) in [5, 5.41) is 10.5. The van der Waals surface area contributed by atoms with Crippen molar-refractivity contribution in [3.05, 3.63) is 33.9 Å². The summed E-state index contributed by atoms with van der Waals surface area (Å²) in [7, 11) is 0. The molecule has 0 aliphatic carbocycles. The quantitative estimate of drug-likeness (QED) is 0.653. The highest BCUT2D eigenvalue weighted by atomic mass is 35.5. The van der Waals surface area contributed by atoms with Gasteiger partial charge in [-0.25, -0.2) is 0 Å². The Kier molecular flexibility index (Phi) is 5.77. The molecule has 0 fully saturated rings. The number of benzene rings is 1. The summed E-state index contributed by atoms with van der Waals surface area (Å²) in [4.78, 5) is 10.1. The summed E-state index contributed by atoms with van der Waals surface area (Å²) in [5.74, 6) is 0.609. The topological polar surface area (TPSA) is 78.4 Å². The minimum absolute atomic E-state index is 0. The molecule has 0 saturated heterocycles. The largest absolute Gasteiger partial charge is 0.491 e. The van der Waals surface area contributed by atoms with Gasteiger partial charge in [-0.2, -0.15) is 0 Å². The normalized spacial score (nSPS) is 9.75. The van der Waals surface area contributed by atoms with Crippen molar-refractivity contribution in [2.75, 3.05) is 0 Å². The number of ether oxygens (including phenoxy) is 1. The van der Waals surface area contributed by atoms with E-state index < -0.39 is 4.92 Å². The molecule has 0 aromatic heterocycles. The van der Waals surface area contributed by atoms with Crippen LogP contribution in [-0.4, -0.2) is 11.0 Å². The maximum Gasteiger partial charge on any atom is 0.270 e. The van der Waals surface area contributed by atoms with Gasteiger partial charge in [-0.15, -0.1) is 12.4 Å². The summed E-state index contributed by atoms with van der Waals surface area (Å²) in [5.41, 5.74) is 6.18. The molecule has 0 amide bonds. The van der Waals surface area contributed by atoms with Gasteiger partial charge in [0.2, 0.25) is 0 Å². The lowest BCUT2D eigenvalue weighted by atomic mass is 10.2. The fourth-order valence-electron chi connectivity index (χ4n) is 1.21. The molecule has 0 spiro atoms. The lowest BCUT2D eigenvalue weighted by Gasteiger charge is -2.12. The van der Waals surface area contributed by atoms with Crippen molar-refractivity contribution in [3.63, 3.8) is 0 Å². The van der Waals surface area contributed by atoms with E-state index in [1.54, 1.807) is 6.07 Å². The second kappa shape index (κ2) is 6.30. The third kappa shape index (κ3) is 3.67. The van der Waals surface area contributed by atoms with Crippen LogP contribution >= 0.6 is 12.4 Å². The molecule has 5 nitrogen and oxygen atoms in total. The van der Waals surface area contributed by atoms with Crippen LogP contribution < -0.4 is 10.5 Å². The molecule has 0 heterocycles. The van der Waals surface area contributed by atoms with Gasteiger partial charge in [-0.1, -0.05) is 0 Å². The molecule has 0 radical (unpaired) electrons. The first-order valence-corrected chi connectivity index (χ1v) is 4.68. The maximum absolute atomic E-state index is 10.5. The number of nitrogens with zero attached hydrogens (tertiary/aromatic N) is 1. The van der Waals surface area contributed by atoms with E-state index in [-0.39, 0.29) is 30.7 Å². The number of nitro benzene ring substituents is 1. The van der Waals surface area contributed by atoms with E-state index in [2.05, 4.69) is 0 Å². The lowest BCUT2D eigenvalue weighted by Crippen LogP contribution is -2.09. The Labute approximate surface area is 100 Å². The highest BCUT2D eigenvalue weighted by Gasteiger charge is 2.11. The predicted molar refractivity (Wildman–Crippen MR) is 64.0 cm³/mol. The van der Waals surface area contributed by atoms with Crippen molar-refractivity contribution < 1.29 is 9.66 Å². The Balaban J connectivity index is 0.00000225. The number of hydrogen-bond acceptors (Lipinski definition) is 4. The van der Waals surface area contributed by atoms with E-state index in [0.29, 0.717) is 11.3 Å². The minimum Gasteiger partial charge on any atom is -0.491 e. The van der Waals surface area contributed by atoms with Gasteiger partial charge >= 0.3 is 0 Å². The van der Waals surface area contributed by atoms with E-state index >= 15 is 0 Å². The molecular weight excluding hydrogens is 232 g/mol. The molecule has 0 atom stereocenters. The van der Waals surface area contributed by atoms with E-state index in [4.69, 9.17) is 10.5 Å². The smallest absolute Gasteiger partial charge is 0.270 e. The predicted octanol–water partition coefficient (Wildman–Crippen LogP) is 2.26. The fraction of sp³-hybridized carbons (Fsp3) is 0.400. The zero-order valence-corrected chi connectivity index (χ0v) is 9.99. The van der Waals surface area contributed by atoms with Gasteiger partial charge in [0.1, 0.15) is 5.75 Å². The first kappa shape index (κ1) is 14.7. The van der Waals surface area contributed by atoms with Gasteiger partial charge in [-0.3, -0.25) is 10.1 Å². The second-order valence-corrected chi connectivity index (χ2v) is 3.42. The molecule has 1 rings (SSSR count). The first-order valence-electron chi connectivity index (χ1n) is 4.68. The molecule has 2 N–H and O–H groups in total. The average molecular weight is 247 g/mol. The van der Waals surface area contributed by atoms with Crippen molar-refractivity contribution in [2.45, 2.75) is 26.5 Å². The van der Waals surface area contributed by atoms with Crippen LogP contribution in [0.4, 0.5) is 5.69 Å². The Morgan fingerprint density at radius 2 is 2.12 bits per heavy atom. The Bertz CT molecular complexity index is 369. The molecular formula is C10H15ClN2O3. The van der Waals surface area contributed by atoms with Crippen molar-refractivity contribution >= 4 is 18.1 Å². The lowest BCUT2D eigenvalue weighted by molar-refractivity contribution is -0.384. The number of rotatable bonds is 4. The Morgan fingerprint density at radius 3 is 2.56 bits per heavy atom. The molecule has 16 heavy (non-hydrogen) atoms. The molecule has 1 aromatic rings. The standard InChI is InChI=1S/C10H14N2O3.ClH/c1-7(2)15-10-4-3-9(12(13)14)5-8(10)6-11;/h3-5,7H,6,11H2,1-2H3;1H. The number of halogens is 1. The molecule has 90 valence electrons. The van der Waals surface area contributed by atoms with E-state index in [9.17, 15) is 10.1 Å².